The molecule has 0 aromatic heterocycles. The van der Waals surface area contributed by atoms with Crippen molar-refractivity contribution >= 4 is 11.9 Å². The lowest BCUT2D eigenvalue weighted by Crippen LogP contribution is -2.13. The number of hydrogen-bond donors (Lipinski definition) is 0. The van der Waals surface area contributed by atoms with Gasteiger partial charge in [-0.25, -0.2) is 0 Å². The van der Waals surface area contributed by atoms with Crippen molar-refractivity contribution in [1.82, 2.24) is 0 Å². The zero-order chi connectivity index (χ0) is 22.8. The molecular formula is C27H50O4. The Kier molecular flexibility index (Phi) is 23.9. The summed E-state index contributed by atoms with van der Waals surface area (Å²) in [4.78, 5) is 23.4. The van der Waals surface area contributed by atoms with Crippen molar-refractivity contribution in [2.24, 2.45) is 0 Å². The van der Waals surface area contributed by atoms with Crippen LogP contribution in [0.5, 0.6) is 0 Å². The number of hydrogen-bond acceptors (Lipinski definition) is 4. The molecule has 0 N–H and O–H groups in total. The first-order valence-corrected chi connectivity index (χ1v) is 13.1. The average Bonchev–Trinajstić information content (AvgIpc) is 2.77. The molecule has 0 aliphatic carbocycles. The van der Waals surface area contributed by atoms with Gasteiger partial charge in [-0.3, -0.25) is 9.59 Å². The Bertz CT molecular complexity index is 419. The van der Waals surface area contributed by atoms with Crippen LogP contribution in [0.2, 0.25) is 0 Å². The molecule has 0 atom stereocenters. The second-order valence-corrected chi connectivity index (χ2v) is 8.68. The SMILES string of the molecule is C=CCCCCCCCC(=O)OCCOC(=O)CCCCCCCCCCCCCC. The van der Waals surface area contributed by atoms with Crippen LogP contribution in [-0.2, 0) is 19.1 Å². The van der Waals surface area contributed by atoms with Crippen molar-refractivity contribution in [3.8, 4) is 0 Å². The first kappa shape index (κ1) is 29.7. The molecule has 0 saturated carbocycles. The molecule has 31 heavy (non-hydrogen) atoms. The fourth-order valence-electron chi connectivity index (χ4n) is 3.65. The largest absolute Gasteiger partial charge is 0.462 e. The number of ether oxygens (including phenoxy) is 2. The van der Waals surface area contributed by atoms with Gasteiger partial charge in [0.05, 0.1) is 0 Å². The molecule has 0 aliphatic heterocycles. The molecule has 4 nitrogen and oxygen atoms in total. The molecule has 0 rings (SSSR count). The molecular weight excluding hydrogens is 388 g/mol. The minimum Gasteiger partial charge on any atom is -0.462 e. The van der Waals surface area contributed by atoms with E-state index >= 15 is 0 Å². The minimum atomic E-state index is -0.192. The summed E-state index contributed by atoms with van der Waals surface area (Å²) >= 11 is 0. The summed E-state index contributed by atoms with van der Waals surface area (Å²) in [7, 11) is 0. The van der Waals surface area contributed by atoms with Crippen LogP contribution in [0, 0.1) is 0 Å². The van der Waals surface area contributed by atoms with Gasteiger partial charge < -0.3 is 9.47 Å². The summed E-state index contributed by atoms with van der Waals surface area (Å²) in [6, 6.07) is 0. The summed E-state index contributed by atoms with van der Waals surface area (Å²) in [5.41, 5.74) is 0. The quantitative estimate of drug-likeness (QED) is 0.0868. The van der Waals surface area contributed by atoms with Crippen molar-refractivity contribution in [3.63, 3.8) is 0 Å². The monoisotopic (exact) mass is 438 g/mol. The number of unbranched alkanes of at least 4 members (excludes halogenated alkanes) is 16. The highest BCUT2D eigenvalue weighted by molar-refractivity contribution is 5.70. The highest BCUT2D eigenvalue weighted by Crippen LogP contribution is 2.12. The molecule has 0 radical (unpaired) electrons. The van der Waals surface area contributed by atoms with Crippen LogP contribution in [-0.4, -0.2) is 25.2 Å². The van der Waals surface area contributed by atoms with E-state index in [2.05, 4.69) is 13.5 Å². The van der Waals surface area contributed by atoms with Crippen LogP contribution in [0.1, 0.15) is 135 Å². The van der Waals surface area contributed by atoms with Crippen LogP contribution >= 0.6 is 0 Å². The summed E-state index contributed by atoms with van der Waals surface area (Å²) in [5.74, 6) is -0.370. The van der Waals surface area contributed by atoms with Gasteiger partial charge in [-0.1, -0.05) is 103 Å². The normalized spacial score (nSPS) is 10.7. The Morgan fingerprint density at radius 3 is 1.32 bits per heavy atom. The maximum absolute atomic E-state index is 11.7. The van der Waals surface area contributed by atoms with Gasteiger partial charge in [0, 0.05) is 12.8 Å². The standard InChI is InChI=1S/C27H50O4/c1-3-5-7-9-11-12-13-14-15-17-19-21-23-27(29)31-25-24-30-26(28)22-20-18-16-10-8-6-4-2/h4H,2-3,5-25H2,1H3. The lowest BCUT2D eigenvalue weighted by Gasteiger charge is -2.07. The summed E-state index contributed by atoms with van der Waals surface area (Å²) < 4.78 is 10.3. The number of esters is 2. The van der Waals surface area contributed by atoms with Gasteiger partial charge in [-0.05, 0) is 25.7 Å². The summed E-state index contributed by atoms with van der Waals surface area (Å²) in [5, 5.41) is 0. The Morgan fingerprint density at radius 1 is 0.581 bits per heavy atom. The van der Waals surface area contributed by atoms with E-state index in [1.165, 1.54) is 77.0 Å². The van der Waals surface area contributed by atoms with Crippen molar-refractivity contribution in [1.29, 1.82) is 0 Å². The third-order valence-electron chi connectivity index (χ3n) is 5.63. The van der Waals surface area contributed by atoms with E-state index in [1.54, 1.807) is 0 Å². The number of rotatable bonds is 24. The van der Waals surface area contributed by atoms with Crippen LogP contribution < -0.4 is 0 Å². The van der Waals surface area contributed by atoms with E-state index in [1.807, 2.05) is 6.08 Å². The second-order valence-electron chi connectivity index (χ2n) is 8.68. The summed E-state index contributed by atoms with van der Waals surface area (Å²) in [6.45, 7) is 6.31. The van der Waals surface area contributed by atoms with E-state index in [-0.39, 0.29) is 25.2 Å². The Labute approximate surface area is 192 Å². The third-order valence-corrected chi connectivity index (χ3v) is 5.63. The number of carbonyl (C=O) groups excluding carboxylic acids is 2. The predicted molar refractivity (Wildman–Crippen MR) is 130 cm³/mol. The lowest BCUT2D eigenvalue weighted by atomic mass is 10.0. The van der Waals surface area contributed by atoms with Crippen molar-refractivity contribution in [2.75, 3.05) is 13.2 Å². The van der Waals surface area contributed by atoms with Gasteiger partial charge in [-0.2, -0.15) is 0 Å². The van der Waals surface area contributed by atoms with Gasteiger partial charge in [-0.15, -0.1) is 6.58 Å². The topological polar surface area (TPSA) is 52.6 Å². The van der Waals surface area contributed by atoms with Crippen LogP contribution in [0.25, 0.3) is 0 Å². The smallest absolute Gasteiger partial charge is 0.305 e. The lowest BCUT2D eigenvalue weighted by molar-refractivity contribution is -0.152. The molecule has 0 unspecified atom stereocenters. The van der Waals surface area contributed by atoms with Crippen molar-refractivity contribution < 1.29 is 19.1 Å². The number of allylic oxidation sites excluding steroid dienone is 1. The highest BCUT2D eigenvalue weighted by Gasteiger charge is 2.05. The van der Waals surface area contributed by atoms with Gasteiger partial charge in [0.25, 0.3) is 0 Å². The molecule has 0 bridgehead atoms. The maximum atomic E-state index is 11.7. The zero-order valence-corrected chi connectivity index (χ0v) is 20.5. The molecule has 0 aromatic carbocycles. The van der Waals surface area contributed by atoms with E-state index in [4.69, 9.17) is 9.47 Å². The van der Waals surface area contributed by atoms with E-state index in [0.717, 1.165) is 38.5 Å². The van der Waals surface area contributed by atoms with Crippen LogP contribution in [0.4, 0.5) is 0 Å². The molecule has 0 spiro atoms. The van der Waals surface area contributed by atoms with Gasteiger partial charge >= 0.3 is 11.9 Å². The van der Waals surface area contributed by atoms with Crippen LogP contribution in [0.15, 0.2) is 12.7 Å². The number of carbonyl (C=O) groups is 2. The Balaban J connectivity index is 3.28. The van der Waals surface area contributed by atoms with Gasteiger partial charge in [0.2, 0.25) is 0 Å². The predicted octanol–water partition coefficient (Wildman–Crippen LogP) is 8.08. The molecule has 0 aromatic rings. The van der Waals surface area contributed by atoms with E-state index < -0.39 is 0 Å². The first-order chi connectivity index (χ1) is 15.2. The Morgan fingerprint density at radius 2 is 0.935 bits per heavy atom. The molecule has 0 heterocycles. The maximum Gasteiger partial charge on any atom is 0.305 e. The molecule has 0 fully saturated rings. The minimum absolute atomic E-state index is 0.169. The fraction of sp³-hybridized carbons (Fsp3) is 0.852. The Hall–Kier alpha value is -1.32. The summed E-state index contributed by atoms with van der Waals surface area (Å²) in [6.07, 6.45) is 24.8. The average molecular weight is 439 g/mol. The first-order valence-electron chi connectivity index (χ1n) is 13.1. The van der Waals surface area contributed by atoms with Crippen molar-refractivity contribution in [2.45, 2.75) is 135 Å². The van der Waals surface area contributed by atoms with E-state index in [9.17, 15) is 9.59 Å². The zero-order valence-electron chi connectivity index (χ0n) is 20.5. The highest BCUT2D eigenvalue weighted by atomic mass is 16.6. The molecule has 182 valence electrons. The van der Waals surface area contributed by atoms with Gasteiger partial charge in [0.1, 0.15) is 13.2 Å². The third kappa shape index (κ3) is 24.8. The molecule has 4 heteroatoms. The van der Waals surface area contributed by atoms with Crippen molar-refractivity contribution in [3.05, 3.63) is 12.7 Å². The molecule has 0 amide bonds. The molecule has 0 aliphatic rings. The van der Waals surface area contributed by atoms with Gasteiger partial charge in [0.15, 0.2) is 0 Å². The molecule has 0 saturated heterocycles. The fourth-order valence-corrected chi connectivity index (χ4v) is 3.65. The van der Waals surface area contributed by atoms with Crippen LogP contribution in [0.3, 0.4) is 0 Å². The van der Waals surface area contributed by atoms with E-state index in [0.29, 0.717) is 12.8 Å². The second kappa shape index (κ2) is 24.9.